The number of aliphatic hydroxyl groups is 1. The van der Waals surface area contributed by atoms with Crippen LogP contribution in [0.3, 0.4) is 0 Å². The Balaban J connectivity index is 1.07. The second kappa shape index (κ2) is 16.3. The molecule has 0 bridgehead atoms. The summed E-state index contributed by atoms with van der Waals surface area (Å²) in [6.07, 6.45) is 4.35. The zero-order valence-corrected chi connectivity index (χ0v) is 31.7. The lowest BCUT2D eigenvalue weighted by atomic mass is 9.93. The van der Waals surface area contributed by atoms with Gasteiger partial charge in [-0.15, -0.1) is 0 Å². The van der Waals surface area contributed by atoms with Gasteiger partial charge in [0.1, 0.15) is 6.54 Å². The van der Waals surface area contributed by atoms with Crippen molar-refractivity contribution in [3.63, 3.8) is 0 Å². The Kier molecular flexibility index (Phi) is 11.8. The summed E-state index contributed by atoms with van der Waals surface area (Å²) in [5, 5.41) is 16.5. The molecule has 0 spiro atoms. The van der Waals surface area contributed by atoms with E-state index in [2.05, 4.69) is 22.4 Å². The highest BCUT2D eigenvalue weighted by Crippen LogP contribution is 2.33. The minimum Gasteiger partial charge on any atom is -0.391 e. The van der Waals surface area contributed by atoms with Crippen LogP contribution in [0.25, 0.3) is 22.4 Å². The van der Waals surface area contributed by atoms with E-state index in [4.69, 9.17) is 16.3 Å². The molecule has 2 N–H and O–H groups in total. The van der Waals surface area contributed by atoms with E-state index in [9.17, 15) is 19.5 Å². The molecule has 2 aromatic carbocycles. The van der Waals surface area contributed by atoms with E-state index in [1.54, 1.807) is 29.7 Å². The van der Waals surface area contributed by atoms with Crippen LogP contribution in [-0.4, -0.2) is 130 Å². The van der Waals surface area contributed by atoms with Gasteiger partial charge in [-0.05, 0) is 31.2 Å². The number of rotatable bonds is 11. The van der Waals surface area contributed by atoms with Gasteiger partial charge >= 0.3 is 0 Å². The molecule has 0 unspecified atom stereocenters. The van der Waals surface area contributed by atoms with E-state index >= 15 is 8.78 Å². The molecular weight excluding hydrogens is 722 g/mol. The first kappa shape index (κ1) is 39.0. The molecule has 16 heteroatoms. The van der Waals surface area contributed by atoms with Gasteiger partial charge in [0.2, 0.25) is 5.91 Å². The van der Waals surface area contributed by atoms with E-state index in [0.717, 1.165) is 30.4 Å². The van der Waals surface area contributed by atoms with Crippen LogP contribution in [-0.2, 0) is 23.1 Å². The largest absolute Gasteiger partial charge is 0.391 e. The van der Waals surface area contributed by atoms with Crippen LogP contribution in [0.1, 0.15) is 39.5 Å². The number of benzene rings is 2. The molecule has 0 atom stereocenters. The number of amides is 3. The van der Waals surface area contributed by atoms with Gasteiger partial charge in [0.05, 0.1) is 68.6 Å². The van der Waals surface area contributed by atoms with Crippen molar-refractivity contribution < 1.29 is 37.5 Å². The van der Waals surface area contributed by atoms with Crippen molar-refractivity contribution in [2.75, 3.05) is 78.5 Å². The smallest absolute Gasteiger partial charge is 0.291 e. The number of ether oxygens (including phenoxy) is 1. The van der Waals surface area contributed by atoms with Crippen molar-refractivity contribution in [2.45, 2.75) is 26.3 Å². The van der Waals surface area contributed by atoms with Gasteiger partial charge in [0.25, 0.3) is 11.8 Å². The molecule has 288 valence electrons. The number of likely N-dealkylation sites (tertiary alicyclic amines) is 1. The van der Waals surface area contributed by atoms with Crippen molar-refractivity contribution in [3.05, 3.63) is 76.5 Å². The van der Waals surface area contributed by atoms with Crippen molar-refractivity contribution in [1.29, 1.82) is 0 Å². The molecule has 13 nitrogen and oxygen atoms in total. The number of carbonyl (C=O) groups excluding carboxylic acids is 3. The van der Waals surface area contributed by atoms with Crippen LogP contribution in [0.15, 0.2) is 42.7 Å². The number of aliphatic hydroxyl groups excluding tert-OH is 1. The first-order chi connectivity index (χ1) is 25.9. The first-order valence-corrected chi connectivity index (χ1v) is 18.4. The lowest BCUT2D eigenvalue weighted by Gasteiger charge is -2.42. The standard InChI is InChI=1S/C38H45ClF2N8O5/c1-24-30(22-43-48(24)15-20-54-4)27-7-8-29(34(41)33(27)40)32-23-42-35(45(32)2)36(51)44-26-5-6-28(31(39)21-26)38(53)47-13-11-46(12-14-47)37(52)25-9-16-49(3,17-10-25)18-19-50/h5-8,21-23,25,50H,9-20H2,1-4H3/p+1. The summed E-state index contributed by atoms with van der Waals surface area (Å²) in [4.78, 5) is 47.6. The predicted octanol–water partition coefficient (Wildman–Crippen LogP) is 4.22. The molecule has 3 amide bonds. The van der Waals surface area contributed by atoms with E-state index in [0.29, 0.717) is 62.8 Å². The van der Waals surface area contributed by atoms with Gasteiger partial charge in [-0.1, -0.05) is 17.7 Å². The molecule has 2 saturated heterocycles. The average Bonchev–Trinajstić information content (AvgIpc) is 3.73. The Hall–Kier alpha value is -4.70. The lowest BCUT2D eigenvalue weighted by Crippen LogP contribution is -2.56. The van der Waals surface area contributed by atoms with E-state index < -0.39 is 17.5 Å². The number of anilines is 1. The van der Waals surface area contributed by atoms with Gasteiger partial charge in [-0.2, -0.15) is 5.10 Å². The highest BCUT2D eigenvalue weighted by molar-refractivity contribution is 6.34. The minimum absolute atomic E-state index is 0.0409. The Morgan fingerprint density at radius 1 is 1.00 bits per heavy atom. The Labute approximate surface area is 317 Å². The third kappa shape index (κ3) is 7.90. The Bertz CT molecular complexity index is 2040. The van der Waals surface area contributed by atoms with Crippen LogP contribution in [0, 0.1) is 24.5 Å². The fraction of sp³-hybridized carbons (Fsp3) is 0.447. The van der Waals surface area contributed by atoms with Crippen LogP contribution in [0.5, 0.6) is 0 Å². The van der Waals surface area contributed by atoms with Crippen molar-refractivity contribution in [1.82, 2.24) is 29.1 Å². The van der Waals surface area contributed by atoms with Crippen LogP contribution in [0.4, 0.5) is 14.5 Å². The topological polar surface area (TPSA) is 135 Å². The van der Waals surface area contributed by atoms with Gasteiger partial charge in [-0.3, -0.25) is 19.1 Å². The van der Waals surface area contributed by atoms with Crippen molar-refractivity contribution in [3.8, 4) is 22.4 Å². The molecule has 4 heterocycles. The number of nitrogens with zero attached hydrogens (tertiary/aromatic N) is 7. The monoisotopic (exact) mass is 767 g/mol. The van der Waals surface area contributed by atoms with Crippen molar-refractivity contribution >= 4 is 35.0 Å². The maximum Gasteiger partial charge on any atom is 0.291 e. The summed E-state index contributed by atoms with van der Waals surface area (Å²) in [5.74, 6) is -3.00. The first-order valence-electron chi connectivity index (χ1n) is 18.0. The summed E-state index contributed by atoms with van der Waals surface area (Å²) in [5.41, 5.74) is 1.88. The van der Waals surface area contributed by atoms with Crippen LogP contribution < -0.4 is 5.32 Å². The number of piperazine rings is 1. The quantitative estimate of drug-likeness (QED) is 0.219. The second-order valence-corrected chi connectivity index (χ2v) is 14.6. The van der Waals surface area contributed by atoms with Crippen LogP contribution >= 0.6 is 11.6 Å². The number of piperidine rings is 1. The van der Waals surface area contributed by atoms with Gasteiger partial charge < -0.3 is 34.0 Å². The maximum atomic E-state index is 15.5. The molecule has 0 aliphatic carbocycles. The van der Waals surface area contributed by atoms with Crippen LogP contribution in [0.2, 0.25) is 5.02 Å². The van der Waals surface area contributed by atoms with E-state index in [1.165, 1.54) is 48.3 Å². The fourth-order valence-electron chi connectivity index (χ4n) is 7.36. The van der Waals surface area contributed by atoms with E-state index in [-0.39, 0.29) is 57.6 Å². The molecule has 6 rings (SSSR count). The summed E-state index contributed by atoms with van der Waals surface area (Å²) in [6, 6.07) is 7.48. The third-order valence-corrected chi connectivity index (χ3v) is 11.1. The summed E-state index contributed by atoms with van der Waals surface area (Å²) >= 11 is 6.55. The number of nitrogens with one attached hydrogen (secondary N) is 1. The zero-order valence-electron chi connectivity index (χ0n) is 30.9. The Morgan fingerprint density at radius 3 is 2.33 bits per heavy atom. The highest BCUT2D eigenvalue weighted by Gasteiger charge is 2.36. The predicted molar refractivity (Wildman–Crippen MR) is 199 cm³/mol. The number of hydrogen-bond acceptors (Lipinski definition) is 7. The lowest BCUT2D eigenvalue weighted by molar-refractivity contribution is -0.915. The summed E-state index contributed by atoms with van der Waals surface area (Å²) in [7, 11) is 5.21. The van der Waals surface area contributed by atoms with Gasteiger partial charge in [0.15, 0.2) is 17.5 Å². The molecular formula is C38H46ClF2N8O5+. The normalized spacial score (nSPS) is 18.9. The molecule has 54 heavy (non-hydrogen) atoms. The molecule has 2 aliphatic heterocycles. The minimum atomic E-state index is -1.09. The number of imidazole rings is 1. The summed E-state index contributed by atoms with van der Waals surface area (Å²) in [6.45, 7) is 6.81. The second-order valence-electron chi connectivity index (χ2n) is 14.2. The molecule has 2 aliphatic rings. The average molecular weight is 768 g/mol. The summed E-state index contributed by atoms with van der Waals surface area (Å²) < 4.78 is 39.9. The number of likely N-dealkylation sites (N-methyl/N-ethyl adjacent to an activating group) is 1. The molecule has 0 radical (unpaired) electrons. The number of quaternary nitrogens is 1. The number of hydrogen-bond donors (Lipinski definition) is 2. The number of aromatic nitrogens is 4. The zero-order chi connectivity index (χ0) is 38.7. The van der Waals surface area contributed by atoms with Gasteiger partial charge in [0, 0.05) is 87.2 Å². The fourth-order valence-corrected chi connectivity index (χ4v) is 7.62. The maximum absolute atomic E-state index is 15.5. The molecule has 4 aromatic rings. The molecule has 2 aromatic heterocycles. The SMILES string of the molecule is COCCn1ncc(-c2ccc(-c3cnc(C(=O)Nc4ccc(C(=O)N5CCN(C(=O)C6CC[N+](C)(CCO)CC6)CC5)c(Cl)c4)n3C)c(F)c2F)c1C. The third-order valence-electron chi connectivity index (χ3n) is 10.8. The van der Waals surface area contributed by atoms with Gasteiger partial charge in [-0.25, -0.2) is 13.8 Å². The Morgan fingerprint density at radius 2 is 1.67 bits per heavy atom. The highest BCUT2D eigenvalue weighted by atomic mass is 35.5. The molecule has 0 saturated carbocycles. The van der Waals surface area contributed by atoms with Crippen molar-refractivity contribution in [2.24, 2.45) is 13.0 Å². The van der Waals surface area contributed by atoms with E-state index in [1.807, 2.05) is 4.90 Å². The number of methoxy groups -OCH3 is 1. The molecule has 2 fully saturated rings. The number of carbonyl (C=O) groups is 3. The number of halogens is 3.